The first-order valence-electron chi connectivity index (χ1n) is 10.8. The molecular formula is C25H21N5O4. The van der Waals surface area contributed by atoms with E-state index < -0.39 is 17.9 Å². The maximum atomic E-state index is 12.3. The monoisotopic (exact) mass is 455 g/mol. The molecule has 5 rings (SSSR count). The zero-order valence-corrected chi connectivity index (χ0v) is 18.1. The topological polar surface area (TPSA) is 115 Å². The number of aromatic nitrogens is 3. The normalized spacial score (nSPS) is 12.1. The molecular weight excluding hydrogens is 434 g/mol. The number of amides is 2. The lowest BCUT2D eigenvalue weighted by Gasteiger charge is -2.14. The van der Waals surface area contributed by atoms with Gasteiger partial charge in [-0.3, -0.25) is 9.59 Å². The molecule has 0 radical (unpaired) electrons. The van der Waals surface area contributed by atoms with Crippen LogP contribution in [0.3, 0.4) is 0 Å². The van der Waals surface area contributed by atoms with E-state index >= 15 is 0 Å². The summed E-state index contributed by atoms with van der Waals surface area (Å²) in [6.07, 6.45) is -0.703. The molecule has 1 aliphatic carbocycles. The number of hydrogen-bond acceptors (Lipinski definition) is 6. The van der Waals surface area contributed by atoms with Crippen molar-refractivity contribution in [2.75, 3.05) is 19.7 Å². The van der Waals surface area contributed by atoms with Gasteiger partial charge >= 0.3 is 6.09 Å². The van der Waals surface area contributed by atoms with E-state index in [1.165, 1.54) is 0 Å². The number of hydrogen-bond donors (Lipinski definition) is 2. The number of para-hydroxylation sites is 1. The first-order chi connectivity index (χ1) is 16.6. The lowest BCUT2D eigenvalue weighted by molar-refractivity contribution is -0.120. The van der Waals surface area contributed by atoms with Gasteiger partial charge in [-0.05, 0) is 34.4 Å². The molecule has 0 atom stereocenters. The van der Waals surface area contributed by atoms with Gasteiger partial charge in [0.25, 0.3) is 5.91 Å². The molecule has 0 aliphatic heterocycles. The van der Waals surface area contributed by atoms with Crippen molar-refractivity contribution < 1.29 is 19.1 Å². The lowest BCUT2D eigenvalue weighted by Crippen LogP contribution is -2.40. The number of ether oxygens (including phenoxy) is 1. The number of nitrogens with one attached hydrogen (secondary N) is 2. The Labute approximate surface area is 194 Å². The van der Waals surface area contributed by atoms with Crippen molar-refractivity contribution in [3.63, 3.8) is 0 Å². The van der Waals surface area contributed by atoms with Crippen LogP contribution in [0.2, 0.25) is 0 Å². The fourth-order valence-electron chi connectivity index (χ4n) is 4.17. The average molecular weight is 455 g/mol. The second kappa shape index (κ2) is 9.14. The minimum absolute atomic E-state index is 0.0675. The lowest BCUT2D eigenvalue weighted by atomic mass is 9.98. The number of fused-ring (bicyclic) bond motifs is 4. The van der Waals surface area contributed by atoms with Gasteiger partial charge in [-0.2, -0.15) is 4.68 Å². The van der Waals surface area contributed by atoms with Gasteiger partial charge in [0.05, 0.1) is 12.1 Å². The Kier molecular flexibility index (Phi) is 5.73. The zero-order chi connectivity index (χ0) is 23.5. The third-order valence-corrected chi connectivity index (χ3v) is 5.76. The van der Waals surface area contributed by atoms with Gasteiger partial charge in [-0.1, -0.05) is 65.9 Å². The Morgan fingerprint density at radius 3 is 2.21 bits per heavy atom. The Morgan fingerprint density at radius 1 is 0.824 bits per heavy atom. The van der Waals surface area contributed by atoms with Crippen molar-refractivity contribution in [3.8, 4) is 11.1 Å². The molecule has 0 unspecified atom stereocenters. The first-order valence-corrected chi connectivity index (χ1v) is 10.8. The van der Waals surface area contributed by atoms with Crippen LogP contribution in [0, 0.1) is 0 Å². The molecule has 9 nitrogen and oxygen atoms in total. The summed E-state index contributed by atoms with van der Waals surface area (Å²) < 4.78 is 6.54. The van der Waals surface area contributed by atoms with Gasteiger partial charge in [-0.25, -0.2) is 4.79 Å². The maximum Gasteiger partial charge on any atom is 0.407 e. The molecule has 0 bridgehead atoms. The van der Waals surface area contributed by atoms with Crippen LogP contribution in [-0.4, -0.2) is 52.6 Å². The standard InChI is InChI=1S/C25H21N5O4/c31-23(26-14-24(32)30-22-12-6-5-11-21(22)28-29-30)13-27-25(33)34-15-20-18-9-3-1-7-16(18)17-8-2-4-10-19(17)20/h1-12,20H,13-15H2,(H,26,31)(H,27,33). The van der Waals surface area contributed by atoms with Gasteiger partial charge in [-0.15, -0.1) is 5.10 Å². The van der Waals surface area contributed by atoms with E-state index in [-0.39, 0.29) is 25.6 Å². The van der Waals surface area contributed by atoms with Crippen LogP contribution < -0.4 is 10.6 Å². The molecule has 1 aliphatic rings. The fraction of sp³-hybridized carbons (Fsp3) is 0.160. The molecule has 3 aromatic carbocycles. The summed E-state index contributed by atoms with van der Waals surface area (Å²) in [6, 6.07) is 23.1. The summed E-state index contributed by atoms with van der Waals surface area (Å²) in [6.45, 7) is -0.444. The molecule has 0 fully saturated rings. The molecule has 0 saturated heterocycles. The van der Waals surface area contributed by atoms with Crippen molar-refractivity contribution in [2.45, 2.75) is 5.92 Å². The predicted octanol–water partition coefficient (Wildman–Crippen LogP) is 2.73. The predicted molar refractivity (Wildman–Crippen MR) is 124 cm³/mol. The van der Waals surface area contributed by atoms with Crippen LogP contribution in [0.25, 0.3) is 22.2 Å². The van der Waals surface area contributed by atoms with Crippen molar-refractivity contribution in [1.29, 1.82) is 0 Å². The molecule has 2 N–H and O–H groups in total. The number of benzene rings is 3. The van der Waals surface area contributed by atoms with Crippen molar-refractivity contribution in [3.05, 3.63) is 83.9 Å². The first kappa shape index (κ1) is 21.3. The highest BCUT2D eigenvalue weighted by Crippen LogP contribution is 2.44. The highest BCUT2D eigenvalue weighted by Gasteiger charge is 2.29. The van der Waals surface area contributed by atoms with Crippen molar-refractivity contribution >= 4 is 28.9 Å². The van der Waals surface area contributed by atoms with Crippen LogP contribution in [0.4, 0.5) is 4.79 Å². The van der Waals surface area contributed by atoms with E-state index in [9.17, 15) is 14.4 Å². The smallest absolute Gasteiger partial charge is 0.407 e. The van der Waals surface area contributed by atoms with E-state index in [0.29, 0.717) is 11.0 Å². The van der Waals surface area contributed by atoms with Crippen molar-refractivity contribution in [2.24, 2.45) is 0 Å². The molecule has 1 aromatic heterocycles. The Bertz CT molecular complexity index is 1350. The zero-order valence-electron chi connectivity index (χ0n) is 18.1. The third kappa shape index (κ3) is 4.11. The summed E-state index contributed by atoms with van der Waals surface area (Å²) in [7, 11) is 0. The summed E-state index contributed by atoms with van der Waals surface area (Å²) >= 11 is 0. The van der Waals surface area contributed by atoms with Crippen LogP contribution in [0.1, 0.15) is 21.8 Å². The SMILES string of the molecule is O=C(CNC(=O)OCC1c2ccccc2-c2ccccc21)NCC(=O)n1nnc2ccccc21. The van der Waals surface area contributed by atoms with E-state index in [4.69, 9.17) is 4.74 Å². The minimum Gasteiger partial charge on any atom is -0.449 e. The molecule has 9 heteroatoms. The number of nitrogens with zero attached hydrogens (tertiary/aromatic N) is 3. The fourth-order valence-corrected chi connectivity index (χ4v) is 4.17. The molecule has 0 saturated carbocycles. The molecule has 2 amide bonds. The van der Waals surface area contributed by atoms with E-state index in [2.05, 4.69) is 33.1 Å². The largest absolute Gasteiger partial charge is 0.449 e. The van der Waals surface area contributed by atoms with Gasteiger partial charge in [0.2, 0.25) is 5.91 Å². The Balaban J connectivity index is 1.11. The van der Waals surface area contributed by atoms with Crippen LogP contribution >= 0.6 is 0 Å². The second-order valence-electron chi connectivity index (χ2n) is 7.84. The Morgan fingerprint density at radius 2 is 1.47 bits per heavy atom. The quantitative estimate of drug-likeness (QED) is 0.462. The minimum atomic E-state index is -0.703. The van der Waals surface area contributed by atoms with Crippen molar-refractivity contribution in [1.82, 2.24) is 25.6 Å². The number of carbonyl (C=O) groups is 3. The van der Waals surface area contributed by atoms with Gasteiger partial charge in [0.1, 0.15) is 18.7 Å². The summed E-state index contributed by atoms with van der Waals surface area (Å²) in [5, 5.41) is 12.6. The second-order valence-corrected chi connectivity index (χ2v) is 7.84. The molecule has 34 heavy (non-hydrogen) atoms. The highest BCUT2D eigenvalue weighted by molar-refractivity contribution is 5.92. The van der Waals surface area contributed by atoms with Crippen LogP contribution in [0.15, 0.2) is 72.8 Å². The van der Waals surface area contributed by atoms with E-state index in [1.807, 2.05) is 36.4 Å². The van der Waals surface area contributed by atoms with Crippen LogP contribution in [0.5, 0.6) is 0 Å². The number of alkyl carbamates (subject to hydrolysis) is 1. The number of carbonyl (C=O) groups excluding carboxylic acids is 3. The van der Waals surface area contributed by atoms with Gasteiger partial charge < -0.3 is 15.4 Å². The molecule has 170 valence electrons. The molecule has 0 spiro atoms. The summed E-state index contributed by atoms with van der Waals surface area (Å²) in [5.41, 5.74) is 5.62. The molecule has 1 heterocycles. The average Bonchev–Trinajstić information content (AvgIpc) is 3.44. The van der Waals surface area contributed by atoms with Crippen LogP contribution in [-0.2, 0) is 9.53 Å². The third-order valence-electron chi connectivity index (χ3n) is 5.76. The Hall–Kier alpha value is -4.53. The number of rotatable bonds is 6. The summed E-state index contributed by atoms with van der Waals surface area (Å²) in [4.78, 5) is 36.6. The van der Waals surface area contributed by atoms with Gasteiger partial charge in [0, 0.05) is 5.92 Å². The highest BCUT2D eigenvalue weighted by atomic mass is 16.5. The molecule has 4 aromatic rings. The van der Waals surface area contributed by atoms with E-state index in [0.717, 1.165) is 26.9 Å². The summed E-state index contributed by atoms with van der Waals surface area (Å²) in [5.74, 6) is -1.03. The maximum absolute atomic E-state index is 12.3. The van der Waals surface area contributed by atoms with E-state index in [1.54, 1.807) is 24.3 Å². The van der Waals surface area contributed by atoms with Gasteiger partial charge in [0.15, 0.2) is 0 Å².